The van der Waals surface area contributed by atoms with Crippen LogP contribution in [0.4, 0.5) is 8.78 Å². The second kappa shape index (κ2) is 13.1. The van der Waals surface area contributed by atoms with E-state index < -0.39 is 18.1 Å². The predicted octanol–water partition coefficient (Wildman–Crippen LogP) is 4.39. The molecule has 5 heteroatoms. The first-order chi connectivity index (χ1) is 10.8. The first kappa shape index (κ1) is 22.7. The van der Waals surface area contributed by atoms with Crippen LogP contribution in [-0.4, -0.2) is 34.4 Å². The molecule has 0 amide bonds. The molecule has 0 aromatic carbocycles. The van der Waals surface area contributed by atoms with Crippen LogP contribution in [0.3, 0.4) is 0 Å². The molecule has 0 aromatic rings. The Labute approximate surface area is 140 Å². The zero-order chi connectivity index (χ0) is 17.7. The van der Waals surface area contributed by atoms with Gasteiger partial charge in [0.2, 0.25) is 5.92 Å². The van der Waals surface area contributed by atoms with Crippen LogP contribution in [0.2, 0.25) is 0 Å². The third-order valence-electron chi connectivity index (χ3n) is 4.35. The van der Waals surface area contributed by atoms with Gasteiger partial charge in [0, 0.05) is 25.3 Å². The molecule has 140 valence electrons. The van der Waals surface area contributed by atoms with E-state index in [1.165, 1.54) is 0 Å². The highest BCUT2D eigenvalue weighted by molar-refractivity contribution is 4.71. The zero-order valence-electron chi connectivity index (χ0n) is 14.9. The quantitative estimate of drug-likeness (QED) is 0.388. The predicted molar refractivity (Wildman–Crippen MR) is 91.7 cm³/mol. The standard InChI is InChI=1S/C18H37F2NO2/c1-3-4-5-6-9-12-18(19,20)13-10-7-8-11-16(22)14-17(23)15(2)21/h15-17,22-23H,3-14,21H2,1-2H3/t15-,16-,17?/m0/s1. The molecule has 0 aliphatic heterocycles. The minimum atomic E-state index is -2.55. The smallest absolute Gasteiger partial charge is 0.248 e. The van der Waals surface area contributed by atoms with Crippen molar-refractivity contribution >= 4 is 0 Å². The summed E-state index contributed by atoms with van der Waals surface area (Å²) in [6, 6.07) is -0.360. The van der Waals surface area contributed by atoms with Gasteiger partial charge >= 0.3 is 0 Å². The van der Waals surface area contributed by atoms with Crippen LogP contribution in [0, 0.1) is 0 Å². The van der Waals surface area contributed by atoms with Crippen LogP contribution >= 0.6 is 0 Å². The molecule has 4 N–H and O–H groups in total. The summed E-state index contributed by atoms with van der Waals surface area (Å²) >= 11 is 0. The lowest BCUT2D eigenvalue weighted by molar-refractivity contribution is -0.0208. The Morgan fingerprint density at radius 2 is 1.43 bits per heavy atom. The molecule has 0 aromatic heterocycles. The molecule has 0 aliphatic rings. The van der Waals surface area contributed by atoms with Crippen molar-refractivity contribution in [3.8, 4) is 0 Å². The molecule has 0 fully saturated rings. The fourth-order valence-corrected chi connectivity index (χ4v) is 2.66. The van der Waals surface area contributed by atoms with E-state index in [-0.39, 0.29) is 25.3 Å². The number of aliphatic hydroxyl groups excluding tert-OH is 2. The second-order valence-electron chi connectivity index (χ2n) is 6.94. The maximum atomic E-state index is 13.7. The molecular weight excluding hydrogens is 300 g/mol. The number of hydrogen-bond donors (Lipinski definition) is 3. The lowest BCUT2D eigenvalue weighted by Gasteiger charge is -2.19. The lowest BCUT2D eigenvalue weighted by Crippen LogP contribution is -2.34. The van der Waals surface area contributed by atoms with Gasteiger partial charge in [0.25, 0.3) is 0 Å². The van der Waals surface area contributed by atoms with E-state index in [9.17, 15) is 19.0 Å². The van der Waals surface area contributed by atoms with Crippen LogP contribution in [-0.2, 0) is 0 Å². The number of alkyl halides is 2. The van der Waals surface area contributed by atoms with Crippen molar-refractivity contribution in [3.05, 3.63) is 0 Å². The SMILES string of the molecule is CCCCCCCC(F)(F)CCCCC[C@H](O)CC(O)[C@H](C)N. The van der Waals surface area contributed by atoms with E-state index in [0.29, 0.717) is 32.1 Å². The molecule has 0 radical (unpaired) electrons. The molecule has 0 rings (SSSR count). The minimum absolute atomic E-state index is 0.0000793. The van der Waals surface area contributed by atoms with Crippen LogP contribution in [0.1, 0.15) is 90.9 Å². The molecule has 0 spiro atoms. The average molecular weight is 337 g/mol. The number of halogens is 2. The Balaban J connectivity index is 3.61. The maximum absolute atomic E-state index is 13.7. The highest BCUT2D eigenvalue weighted by Gasteiger charge is 2.27. The Morgan fingerprint density at radius 3 is 1.96 bits per heavy atom. The summed E-state index contributed by atoms with van der Waals surface area (Å²) < 4.78 is 27.4. The number of aliphatic hydroxyl groups is 2. The largest absolute Gasteiger partial charge is 0.393 e. The van der Waals surface area contributed by atoms with Gasteiger partial charge < -0.3 is 15.9 Å². The molecule has 0 aliphatic carbocycles. The lowest BCUT2D eigenvalue weighted by atomic mass is 9.99. The number of hydrogen-bond acceptors (Lipinski definition) is 3. The normalized spacial score (nSPS) is 16.3. The first-order valence-electron chi connectivity index (χ1n) is 9.28. The number of unbranched alkanes of at least 4 members (excludes halogenated alkanes) is 6. The average Bonchev–Trinajstić information content (AvgIpc) is 2.46. The highest BCUT2D eigenvalue weighted by Crippen LogP contribution is 2.28. The van der Waals surface area contributed by atoms with Crippen molar-refractivity contribution in [1.29, 1.82) is 0 Å². The first-order valence-corrected chi connectivity index (χ1v) is 9.28. The summed E-state index contributed by atoms with van der Waals surface area (Å²) in [6.45, 7) is 3.81. The second-order valence-corrected chi connectivity index (χ2v) is 6.94. The van der Waals surface area contributed by atoms with Gasteiger partial charge in [-0.3, -0.25) is 0 Å². The van der Waals surface area contributed by atoms with Gasteiger partial charge in [0.15, 0.2) is 0 Å². The van der Waals surface area contributed by atoms with E-state index >= 15 is 0 Å². The molecular formula is C18H37F2NO2. The van der Waals surface area contributed by atoms with Gasteiger partial charge in [-0.1, -0.05) is 45.4 Å². The Kier molecular flexibility index (Phi) is 12.9. The zero-order valence-corrected chi connectivity index (χ0v) is 14.9. The molecule has 0 saturated heterocycles. The Bertz CT molecular complexity index is 276. The van der Waals surface area contributed by atoms with Crippen LogP contribution in [0.5, 0.6) is 0 Å². The fourth-order valence-electron chi connectivity index (χ4n) is 2.66. The summed E-state index contributed by atoms with van der Waals surface area (Å²) in [7, 11) is 0. The van der Waals surface area contributed by atoms with E-state index in [1.807, 2.05) is 0 Å². The molecule has 0 saturated carbocycles. The van der Waals surface area contributed by atoms with Crippen molar-refractivity contribution < 1.29 is 19.0 Å². The van der Waals surface area contributed by atoms with E-state index in [2.05, 4.69) is 6.92 Å². The number of rotatable bonds is 15. The molecule has 3 nitrogen and oxygen atoms in total. The highest BCUT2D eigenvalue weighted by atomic mass is 19.3. The summed E-state index contributed by atoms with van der Waals surface area (Å²) in [5, 5.41) is 19.3. The van der Waals surface area contributed by atoms with Gasteiger partial charge in [-0.25, -0.2) is 8.78 Å². The monoisotopic (exact) mass is 337 g/mol. The number of nitrogens with two attached hydrogens (primary N) is 1. The van der Waals surface area contributed by atoms with Gasteiger partial charge in [-0.15, -0.1) is 0 Å². The van der Waals surface area contributed by atoms with E-state index in [0.717, 1.165) is 25.7 Å². The van der Waals surface area contributed by atoms with Crippen molar-refractivity contribution in [2.45, 2.75) is 115 Å². The molecule has 1 unspecified atom stereocenters. The van der Waals surface area contributed by atoms with Gasteiger partial charge in [0.05, 0.1) is 12.2 Å². The minimum Gasteiger partial charge on any atom is -0.393 e. The molecule has 0 heterocycles. The van der Waals surface area contributed by atoms with Crippen LogP contribution in [0.25, 0.3) is 0 Å². The Morgan fingerprint density at radius 1 is 0.913 bits per heavy atom. The van der Waals surface area contributed by atoms with Crippen LogP contribution in [0.15, 0.2) is 0 Å². The summed E-state index contributed by atoms with van der Waals surface area (Å²) in [6.07, 6.45) is 6.14. The van der Waals surface area contributed by atoms with Crippen molar-refractivity contribution in [2.24, 2.45) is 5.73 Å². The summed E-state index contributed by atoms with van der Waals surface area (Å²) in [5.41, 5.74) is 5.53. The third-order valence-corrected chi connectivity index (χ3v) is 4.35. The Hall–Kier alpha value is -0.260. The van der Waals surface area contributed by atoms with Gasteiger partial charge in [-0.2, -0.15) is 0 Å². The van der Waals surface area contributed by atoms with Crippen molar-refractivity contribution in [3.63, 3.8) is 0 Å². The van der Waals surface area contributed by atoms with Crippen molar-refractivity contribution in [1.82, 2.24) is 0 Å². The van der Waals surface area contributed by atoms with Crippen LogP contribution < -0.4 is 5.73 Å². The maximum Gasteiger partial charge on any atom is 0.248 e. The third kappa shape index (κ3) is 13.8. The molecule has 23 heavy (non-hydrogen) atoms. The van der Waals surface area contributed by atoms with Gasteiger partial charge in [0.1, 0.15) is 0 Å². The summed E-state index contributed by atoms with van der Waals surface area (Å²) in [4.78, 5) is 0. The van der Waals surface area contributed by atoms with E-state index in [1.54, 1.807) is 6.92 Å². The fraction of sp³-hybridized carbons (Fsp3) is 1.00. The summed E-state index contributed by atoms with van der Waals surface area (Å²) in [5.74, 6) is -2.55. The topological polar surface area (TPSA) is 66.5 Å². The molecule has 0 bridgehead atoms. The van der Waals surface area contributed by atoms with E-state index in [4.69, 9.17) is 5.73 Å². The van der Waals surface area contributed by atoms with Crippen molar-refractivity contribution in [2.75, 3.05) is 0 Å². The molecule has 3 atom stereocenters. The van der Waals surface area contributed by atoms with Gasteiger partial charge in [-0.05, 0) is 26.2 Å².